The number of ether oxygens (including phenoxy) is 1. The lowest BCUT2D eigenvalue weighted by molar-refractivity contribution is -0.137. The molecule has 0 saturated carbocycles. The molecular formula is C12H7Cl2F3N4OS. The Kier molecular flexibility index (Phi) is 4.37. The maximum atomic E-state index is 14.4. The third-order valence-corrected chi connectivity index (χ3v) is 4.55. The molecule has 1 aromatic carbocycles. The predicted molar refractivity (Wildman–Crippen MR) is 82.4 cm³/mol. The molecule has 122 valence electrons. The zero-order valence-corrected chi connectivity index (χ0v) is 13.4. The van der Waals surface area contributed by atoms with Gasteiger partial charge in [0.15, 0.2) is 5.13 Å². The number of thiazole rings is 1. The summed E-state index contributed by atoms with van der Waals surface area (Å²) in [5, 5.41) is 6.61. The van der Waals surface area contributed by atoms with E-state index in [9.17, 15) is 13.2 Å². The number of nitrogens with one attached hydrogen (secondary N) is 1. The molecule has 5 nitrogen and oxygen atoms in total. The Morgan fingerprint density at radius 3 is 2.83 bits per heavy atom. The highest BCUT2D eigenvalue weighted by Crippen LogP contribution is 2.41. The topological polar surface area (TPSA) is 76.8 Å². The number of anilines is 1. The van der Waals surface area contributed by atoms with E-state index in [1.54, 1.807) is 0 Å². The second-order valence-corrected chi connectivity index (χ2v) is 6.20. The van der Waals surface area contributed by atoms with Gasteiger partial charge in [-0.05, 0) is 6.07 Å². The largest absolute Gasteiger partial charge is 0.375 e. The zero-order valence-electron chi connectivity index (χ0n) is 11.0. The summed E-state index contributed by atoms with van der Waals surface area (Å²) in [5.41, 5.74) is 6.14. The van der Waals surface area contributed by atoms with Crippen molar-refractivity contribution in [2.24, 2.45) is 0 Å². The van der Waals surface area contributed by atoms with Crippen molar-refractivity contribution < 1.29 is 17.9 Å². The van der Waals surface area contributed by atoms with E-state index in [2.05, 4.69) is 19.9 Å². The van der Waals surface area contributed by atoms with Crippen LogP contribution in [0.4, 0.5) is 18.3 Å². The fourth-order valence-corrected chi connectivity index (χ4v) is 3.44. The number of hydrogen-bond acceptors (Lipinski definition) is 5. The number of H-pyrrole nitrogens is 1. The van der Waals surface area contributed by atoms with E-state index < -0.39 is 19.0 Å². The Bertz CT molecular complexity index is 883. The molecule has 0 radical (unpaired) electrons. The SMILES string of the molecule is Nc1nc2c(Cl)cc(F)c(-c3n[nH]c(COC(F)F)c3Cl)c2s1. The highest BCUT2D eigenvalue weighted by molar-refractivity contribution is 7.22. The molecule has 2 heterocycles. The second-order valence-electron chi connectivity index (χ2n) is 4.38. The summed E-state index contributed by atoms with van der Waals surface area (Å²) in [6.07, 6.45) is 0. The van der Waals surface area contributed by atoms with Gasteiger partial charge in [0.1, 0.15) is 17.0 Å². The zero-order chi connectivity index (χ0) is 16.7. The van der Waals surface area contributed by atoms with E-state index >= 15 is 0 Å². The van der Waals surface area contributed by atoms with E-state index in [1.165, 1.54) is 0 Å². The Labute approximate surface area is 141 Å². The van der Waals surface area contributed by atoms with E-state index in [0.717, 1.165) is 17.4 Å². The van der Waals surface area contributed by atoms with E-state index in [1.807, 2.05) is 0 Å². The summed E-state index contributed by atoms with van der Waals surface area (Å²) < 4.78 is 43.1. The fourth-order valence-electron chi connectivity index (χ4n) is 2.02. The van der Waals surface area contributed by atoms with Crippen molar-refractivity contribution in [2.75, 3.05) is 5.73 Å². The van der Waals surface area contributed by atoms with Crippen molar-refractivity contribution in [1.82, 2.24) is 15.2 Å². The van der Waals surface area contributed by atoms with Crippen LogP contribution in [-0.2, 0) is 11.3 Å². The van der Waals surface area contributed by atoms with E-state index in [0.29, 0.717) is 10.2 Å². The molecule has 0 saturated heterocycles. The summed E-state index contributed by atoms with van der Waals surface area (Å²) in [5.74, 6) is -0.680. The minimum atomic E-state index is -2.96. The van der Waals surface area contributed by atoms with Gasteiger partial charge in [-0.3, -0.25) is 5.10 Å². The molecule has 0 aliphatic carbocycles. The number of nitrogens with two attached hydrogens (primary N) is 1. The van der Waals surface area contributed by atoms with Crippen LogP contribution in [0.3, 0.4) is 0 Å². The first kappa shape index (κ1) is 16.3. The van der Waals surface area contributed by atoms with Crippen molar-refractivity contribution in [3.05, 3.63) is 27.6 Å². The van der Waals surface area contributed by atoms with Gasteiger partial charge in [0, 0.05) is 0 Å². The summed E-state index contributed by atoms with van der Waals surface area (Å²) in [6.45, 7) is -3.45. The van der Waals surface area contributed by atoms with Gasteiger partial charge >= 0.3 is 6.61 Å². The molecule has 0 spiro atoms. The molecule has 3 rings (SSSR count). The van der Waals surface area contributed by atoms with Gasteiger partial charge in [0.25, 0.3) is 0 Å². The quantitative estimate of drug-likeness (QED) is 0.698. The van der Waals surface area contributed by atoms with Gasteiger partial charge in [-0.1, -0.05) is 34.5 Å². The Hall–Kier alpha value is -1.55. The maximum absolute atomic E-state index is 14.4. The standard InChI is InChI=1S/C12H7Cl2F3N4OS/c13-3-1-4(15)6(10-8(3)19-12(18)23-10)9-7(14)5(20-21-9)2-22-11(16)17/h1,11H,2H2,(H2,18,19)(H,20,21). The smallest absolute Gasteiger partial charge is 0.345 e. The minimum Gasteiger partial charge on any atom is -0.375 e. The molecule has 3 aromatic rings. The van der Waals surface area contributed by atoms with E-state index in [4.69, 9.17) is 28.9 Å². The number of hydrogen-bond donors (Lipinski definition) is 2. The fraction of sp³-hybridized carbons (Fsp3) is 0.167. The van der Waals surface area contributed by atoms with Gasteiger partial charge in [-0.25, -0.2) is 9.37 Å². The molecule has 0 aliphatic heterocycles. The summed E-state index contributed by atoms with van der Waals surface area (Å²) in [4.78, 5) is 4.03. The molecule has 23 heavy (non-hydrogen) atoms. The molecular weight excluding hydrogens is 376 g/mol. The van der Waals surface area contributed by atoms with Crippen LogP contribution in [0, 0.1) is 5.82 Å². The number of fused-ring (bicyclic) bond motifs is 1. The number of nitrogens with zero attached hydrogens (tertiary/aromatic N) is 2. The minimum absolute atomic E-state index is 0.0276. The Morgan fingerprint density at radius 1 is 1.39 bits per heavy atom. The molecule has 0 aliphatic rings. The van der Waals surface area contributed by atoms with Crippen molar-refractivity contribution in [3.63, 3.8) is 0 Å². The lowest BCUT2D eigenvalue weighted by Gasteiger charge is -2.04. The van der Waals surface area contributed by atoms with Crippen LogP contribution in [0.2, 0.25) is 10.0 Å². The average Bonchev–Trinajstić information content (AvgIpc) is 3.01. The molecule has 11 heteroatoms. The number of aromatic amines is 1. The number of aromatic nitrogens is 3. The molecule has 0 fully saturated rings. The first-order valence-electron chi connectivity index (χ1n) is 6.05. The van der Waals surface area contributed by atoms with Crippen molar-refractivity contribution in [3.8, 4) is 11.3 Å². The van der Waals surface area contributed by atoms with Crippen LogP contribution in [0.25, 0.3) is 21.5 Å². The third kappa shape index (κ3) is 2.97. The van der Waals surface area contributed by atoms with Crippen LogP contribution >= 0.6 is 34.5 Å². The number of alkyl halides is 2. The first-order valence-corrected chi connectivity index (χ1v) is 7.62. The number of rotatable bonds is 4. The summed E-state index contributed by atoms with van der Waals surface area (Å²) in [6, 6.07) is 1.07. The molecule has 0 unspecified atom stereocenters. The van der Waals surface area contributed by atoms with Crippen LogP contribution < -0.4 is 5.73 Å². The highest BCUT2D eigenvalue weighted by Gasteiger charge is 2.23. The van der Waals surface area contributed by atoms with Gasteiger partial charge < -0.3 is 10.5 Å². The highest BCUT2D eigenvalue weighted by atomic mass is 35.5. The predicted octanol–water partition coefficient (Wildman–Crippen LogP) is 4.45. The maximum Gasteiger partial charge on any atom is 0.345 e. The van der Waals surface area contributed by atoms with E-state index in [-0.39, 0.29) is 32.1 Å². The molecule has 0 atom stereocenters. The van der Waals surface area contributed by atoms with Gasteiger partial charge in [-0.15, -0.1) is 0 Å². The number of nitrogen functional groups attached to an aromatic ring is 1. The Balaban J connectivity index is 2.14. The number of benzene rings is 1. The Morgan fingerprint density at radius 2 is 2.13 bits per heavy atom. The lowest BCUT2D eigenvalue weighted by Crippen LogP contribution is -1.99. The lowest BCUT2D eigenvalue weighted by atomic mass is 10.1. The molecule has 0 amide bonds. The molecule has 2 aromatic heterocycles. The van der Waals surface area contributed by atoms with Crippen LogP contribution in [0.1, 0.15) is 5.69 Å². The first-order chi connectivity index (χ1) is 10.9. The molecule has 3 N–H and O–H groups in total. The van der Waals surface area contributed by atoms with Crippen LogP contribution in [0.5, 0.6) is 0 Å². The van der Waals surface area contributed by atoms with Crippen molar-refractivity contribution in [2.45, 2.75) is 13.2 Å². The van der Waals surface area contributed by atoms with Gasteiger partial charge in [0.05, 0.1) is 32.6 Å². The van der Waals surface area contributed by atoms with Crippen LogP contribution in [0.15, 0.2) is 6.07 Å². The monoisotopic (exact) mass is 382 g/mol. The molecule has 0 bridgehead atoms. The van der Waals surface area contributed by atoms with Gasteiger partial charge in [-0.2, -0.15) is 13.9 Å². The van der Waals surface area contributed by atoms with Gasteiger partial charge in [0.2, 0.25) is 0 Å². The average molecular weight is 383 g/mol. The second kappa shape index (κ2) is 6.16. The normalized spacial score (nSPS) is 11.7. The van der Waals surface area contributed by atoms with Crippen LogP contribution in [-0.4, -0.2) is 21.8 Å². The summed E-state index contributed by atoms with van der Waals surface area (Å²) >= 11 is 13.1. The third-order valence-electron chi connectivity index (χ3n) is 2.96. The van der Waals surface area contributed by atoms with Crippen molar-refractivity contribution >= 4 is 49.9 Å². The van der Waals surface area contributed by atoms with Crippen molar-refractivity contribution in [1.29, 1.82) is 0 Å². The number of halogens is 5. The summed E-state index contributed by atoms with van der Waals surface area (Å²) in [7, 11) is 0.